The quantitative estimate of drug-likeness (QED) is 0.680. The number of hydrogen-bond acceptors (Lipinski definition) is 0. The van der Waals surface area contributed by atoms with Crippen LogP contribution in [0.3, 0.4) is 0 Å². The van der Waals surface area contributed by atoms with Gasteiger partial charge in [0.15, 0.2) is 0 Å². The van der Waals surface area contributed by atoms with Crippen LogP contribution in [0.5, 0.6) is 0 Å². The molecule has 0 heterocycles. The fourth-order valence-electron chi connectivity index (χ4n) is 0.974. The van der Waals surface area contributed by atoms with Gasteiger partial charge in [-0.3, -0.25) is 0 Å². The minimum absolute atomic E-state index is 0.178. The molecule has 0 N–H and O–H groups in total. The Morgan fingerprint density at radius 3 is 2.08 bits per heavy atom. The Balaban J connectivity index is 3.32. The summed E-state index contributed by atoms with van der Waals surface area (Å²) in [6.45, 7) is 0. The van der Waals surface area contributed by atoms with Gasteiger partial charge in [0.2, 0.25) is 0 Å². The van der Waals surface area contributed by atoms with Crippen LogP contribution in [0.15, 0.2) is 21.5 Å². The van der Waals surface area contributed by atoms with Gasteiger partial charge >= 0.3 is 0 Å². The van der Waals surface area contributed by atoms with Crippen LogP contribution in [0.2, 0.25) is 0 Å². The fourth-order valence-corrected chi connectivity index (χ4v) is 2.39. The Kier molecular flexibility index (Phi) is 3.02. The van der Waals surface area contributed by atoms with Crippen molar-refractivity contribution in [1.29, 1.82) is 0 Å². The third-order valence-electron chi connectivity index (χ3n) is 1.63. The molecule has 0 aliphatic carbocycles. The van der Waals surface area contributed by atoms with Crippen LogP contribution < -0.4 is 0 Å². The second kappa shape index (κ2) is 3.58. The molecule has 0 aliphatic heterocycles. The molecule has 0 spiro atoms. The average Bonchev–Trinajstić information content (AvgIpc) is 1.94. The minimum Gasteiger partial charge on any atom is -0.220 e. The van der Waals surface area contributed by atoms with E-state index in [1.807, 2.05) is 18.8 Å². The van der Waals surface area contributed by atoms with E-state index in [0.717, 1.165) is 0 Å². The van der Waals surface area contributed by atoms with Crippen molar-refractivity contribution in [2.75, 3.05) is 18.8 Å². The zero-order valence-corrected chi connectivity index (χ0v) is 10.1. The minimum atomic E-state index is -1.21. The third-order valence-corrected chi connectivity index (χ3v) is 3.87. The molecule has 0 bridgehead atoms. The molecule has 1 rings (SSSR count). The van der Waals surface area contributed by atoms with Crippen molar-refractivity contribution in [3.05, 3.63) is 28.2 Å². The van der Waals surface area contributed by atoms with Gasteiger partial charge < -0.3 is 0 Å². The maximum absolute atomic E-state index is 13.4. The monoisotopic (exact) mass is 268 g/mol. The van der Waals surface area contributed by atoms with E-state index >= 15 is 0 Å². The van der Waals surface area contributed by atoms with Gasteiger partial charge in [-0.2, -0.15) is 0 Å². The van der Waals surface area contributed by atoms with Gasteiger partial charge in [0.1, 0.15) is 11.6 Å². The number of halogens is 3. The van der Waals surface area contributed by atoms with Crippen molar-refractivity contribution >= 4 is 26.0 Å². The van der Waals surface area contributed by atoms with Crippen molar-refractivity contribution < 1.29 is 8.78 Å². The molecule has 0 amide bonds. The number of rotatable bonds is 1. The third kappa shape index (κ3) is 2.44. The van der Waals surface area contributed by atoms with E-state index in [1.54, 1.807) is 0 Å². The Hall–Kier alpha value is -0.0900. The van der Waals surface area contributed by atoms with Crippen molar-refractivity contribution in [3.63, 3.8) is 0 Å². The molecular weight excluding hydrogens is 258 g/mol. The van der Waals surface area contributed by atoms with Crippen LogP contribution in [0.1, 0.15) is 0 Å². The summed E-state index contributed by atoms with van der Waals surface area (Å²) < 4.78 is 26.6. The number of benzene rings is 1. The van der Waals surface area contributed by atoms with Crippen LogP contribution in [0.4, 0.5) is 8.78 Å². The van der Waals surface area contributed by atoms with Crippen molar-refractivity contribution in [3.8, 4) is 0 Å². The molecule has 0 aromatic heterocycles. The summed E-state index contributed by atoms with van der Waals surface area (Å²) in [6.07, 6.45) is 5.79. The first-order valence-electron chi connectivity index (χ1n) is 3.65. The highest BCUT2D eigenvalue weighted by atomic mass is 79.9. The van der Waals surface area contributed by atoms with Crippen molar-refractivity contribution in [1.82, 2.24) is 0 Å². The second-order valence-electron chi connectivity index (χ2n) is 3.53. The van der Waals surface area contributed by atoms with Crippen LogP contribution in [0, 0.1) is 11.6 Å². The van der Waals surface area contributed by atoms with Gasteiger partial charge in [0.05, 0.1) is 4.47 Å². The Morgan fingerprint density at radius 2 is 1.62 bits per heavy atom. The Bertz CT molecular complexity index is 331. The molecule has 0 saturated carbocycles. The van der Waals surface area contributed by atoms with Gasteiger partial charge in [-0.15, -0.1) is 0 Å². The predicted molar refractivity (Wildman–Crippen MR) is 57.7 cm³/mol. The van der Waals surface area contributed by atoms with Crippen LogP contribution >= 0.6 is 26.0 Å². The smallest absolute Gasteiger partial charge is 0.138 e. The first-order chi connectivity index (χ1) is 5.82. The summed E-state index contributed by atoms with van der Waals surface area (Å²) in [5.74, 6) is -0.741. The average molecular weight is 269 g/mol. The zero-order valence-electron chi connectivity index (χ0n) is 7.70. The van der Waals surface area contributed by atoms with Crippen LogP contribution in [-0.2, 0) is 0 Å². The highest BCUT2D eigenvalue weighted by Gasteiger charge is 2.16. The van der Waals surface area contributed by atoms with E-state index in [1.165, 1.54) is 12.1 Å². The lowest BCUT2D eigenvalue weighted by Gasteiger charge is -2.26. The van der Waals surface area contributed by atoms with Gasteiger partial charge in [-0.1, -0.05) is 0 Å². The molecule has 0 atom stereocenters. The lowest BCUT2D eigenvalue weighted by molar-refractivity contribution is 0.571. The molecule has 0 aliphatic rings. The van der Waals surface area contributed by atoms with E-state index in [-0.39, 0.29) is 10.3 Å². The normalized spacial score (nSPS) is 13.1. The second-order valence-corrected chi connectivity index (χ2v) is 8.50. The molecule has 74 valence electrons. The molecule has 1 aromatic rings. The molecule has 0 fully saturated rings. The van der Waals surface area contributed by atoms with Crippen molar-refractivity contribution in [2.24, 2.45) is 0 Å². The van der Waals surface area contributed by atoms with Crippen molar-refractivity contribution in [2.45, 2.75) is 4.90 Å². The summed E-state index contributed by atoms with van der Waals surface area (Å²) >= 11 is 2.94. The summed E-state index contributed by atoms with van der Waals surface area (Å²) in [5, 5.41) is 0. The Morgan fingerprint density at radius 1 is 1.08 bits per heavy atom. The molecule has 0 radical (unpaired) electrons. The first-order valence-corrected chi connectivity index (χ1v) is 7.30. The molecule has 1 aromatic carbocycles. The molecule has 0 unspecified atom stereocenters. The molecule has 13 heavy (non-hydrogen) atoms. The highest BCUT2D eigenvalue weighted by Crippen LogP contribution is 2.47. The van der Waals surface area contributed by atoms with E-state index in [2.05, 4.69) is 15.9 Å². The molecular formula is C9H11BrF2S. The van der Waals surface area contributed by atoms with Gasteiger partial charge in [-0.05, 0) is 46.8 Å². The van der Waals surface area contributed by atoms with Crippen LogP contribution in [0.25, 0.3) is 0 Å². The van der Waals surface area contributed by atoms with E-state index in [4.69, 9.17) is 0 Å². The summed E-state index contributed by atoms with van der Waals surface area (Å²) in [4.78, 5) is 0.480. The molecule has 0 saturated heterocycles. The lowest BCUT2D eigenvalue weighted by atomic mass is 10.3. The zero-order chi connectivity index (χ0) is 10.2. The molecule has 0 nitrogen and oxygen atoms in total. The largest absolute Gasteiger partial charge is 0.220 e. The summed E-state index contributed by atoms with van der Waals surface area (Å²) in [5.41, 5.74) is 0. The Labute approximate surface area is 86.8 Å². The maximum atomic E-state index is 13.4. The topological polar surface area (TPSA) is 0 Å². The maximum Gasteiger partial charge on any atom is 0.138 e. The fraction of sp³-hybridized carbons (Fsp3) is 0.333. The first kappa shape index (κ1) is 11.0. The van der Waals surface area contributed by atoms with E-state index < -0.39 is 15.8 Å². The SMILES string of the molecule is CS(C)(C)c1cc(F)c(Br)cc1F. The van der Waals surface area contributed by atoms with Gasteiger partial charge in [0, 0.05) is 4.90 Å². The predicted octanol–water partition coefficient (Wildman–Crippen LogP) is 3.78. The standard InChI is InChI=1S/C9H11BrF2S/c1-13(2,3)9-5-7(11)6(10)4-8(9)12/h4-5H,1-3H3. The summed E-state index contributed by atoms with van der Waals surface area (Å²) in [7, 11) is -1.21. The molecule has 4 heteroatoms. The lowest BCUT2D eigenvalue weighted by Crippen LogP contribution is -1.98. The van der Waals surface area contributed by atoms with Crippen LogP contribution in [-0.4, -0.2) is 18.8 Å². The summed E-state index contributed by atoms with van der Waals surface area (Å²) in [6, 6.07) is 2.46. The van der Waals surface area contributed by atoms with Gasteiger partial charge in [-0.25, -0.2) is 18.8 Å². The van der Waals surface area contributed by atoms with E-state index in [0.29, 0.717) is 4.90 Å². The van der Waals surface area contributed by atoms with Gasteiger partial charge in [0.25, 0.3) is 0 Å². The van der Waals surface area contributed by atoms with E-state index in [9.17, 15) is 8.78 Å². The highest BCUT2D eigenvalue weighted by molar-refractivity contribution is 9.10. The number of hydrogen-bond donors (Lipinski definition) is 0.